The van der Waals surface area contributed by atoms with E-state index >= 15 is 4.39 Å². The van der Waals surface area contributed by atoms with Crippen LogP contribution >= 0.6 is 0 Å². The SMILES string of the molecule is CC[C@H]1OC(=O)[C@H](C)[C@@H](OC(=O)CCN2CCN(c3cc4c(cc3F)c(=O)c(C(=O)O)cn4C3CC3)CC2)[C@H](C)[C@@H](O[C@@H]2O[C@H](C)C[C@H](N(C)C)[C@H]2O)[C@](C)(OC)C[C@@H](C)/C(=N\OCC#Cc2cncc(C(=O)NC)c2)[C@H](C)[C@H]2OC(=O)O[C@@]21C. The molecule has 6 heterocycles. The number of anilines is 1. The summed E-state index contributed by atoms with van der Waals surface area (Å²) in [6.45, 7) is 15.8. The number of esters is 2. The third kappa shape index (κ3) is 14.1. The number of carboxylic acid groups (broad SMARTS) is 1. The number of likely N-dealkylation sites (N-methyl/N-ethyl adjacent to an activating group) is 1. The molecule has 0 bridgehead atoms. The van der Waals surface area contributed by atoms with Crippen molar-refractivity contribution in [3.63, 3.8) is 0 Å². The molecule has 1 aliphatic carbocycles. The number of carboxylic acids is 1. The molecule has 0 spiro atoms. The van der Waals surface area contributed by atoms with Crippen molar-refractivity contribution in [1.29, 1.82) is 0 Å². The van der Waals surface area contributed by atoms with Gasteiger partial charge in [-0.15, -0.1) is 0 Å². The monoisotopic (exact) mass is 1190 g/mol. The van der Waals surface area contributed by atoms with E-state index < -0.39 is 113 Å². The van der Waals surface area contributed by atoms with E-state index in [-0.39, 0.29) is 67.6 Å². The minimum absolute atomic E-state index is 0.00434. The van der Waals surface area contributed by atoms with Gasteiger partial charge < -0.3 is 67.9 Å². The van der Waals surface area contributed by atoms with E-state index in [9.17, 15) is 39.0 Å². The zero-order valence-corrected chi connectivity index (χ0v) is 50.6. The molecule has 8 rings (SSSR count). The number of halogens is 1. The van der Waals surface area contributed by atoms with Crippen molar-refractivity contribution in [2.75, 3.05) is 72.5 Å². The van der Waals surface area contributed by atoms with Crippen LogP contribution in [0.5, 0.6) is 0 Å². The molecule has 1 amide bonds. The number of nitrogens with zero attached hydrogens (tertiary/aromatic N) is 6. The van der Waals surface area contributed by atoms with Crippen LogP contribution in [0.15, 0.2) is 46.7 Å². The van der Waals surface area contributed by atoms with Gasteiger partial charge in [0, 0.05) is 106 Å². The highest BCUT2D eigenvalue weighted by Gasteiger charge is 2.59. The molecule has 4 saturated heterocycles. The van der Waals surface area contributed by atoms with Gasteiger partial charge in [-0.25, -0.2) is 14.0 Å². The van der Waals surface area contributed by atoms with Crippen LogP contribution in [-0.2, 0) is 47.6 Å². The average Bonchev–Trinajstić information content (AvgIpc) is 2.00. The van der Waals surface area contributed by atoms with Crippen LogP contribution in [0.25, 0.3) is 10.9 Å². The zero-order valence-electron chi connectivity index (χ0n) is 50.6. The third-order valence-electron chi connectivity index (χ3n) is 17.6. The topological polar surface area (TPSA) is 269 Å². The first-order valence-electron chi connectivity index (χ1n) is 29.3. The van der Waals surface area contributed by atoms with Gasteiger partial charge in [-0.3, -0.25) is 29.1 Å². The summed E-state index contributed by atoms with van der Waals surface area (Å²) in [5.41, 5.74) is -2.15. The lowest BCUT2D eigenvalue weighted by Gasteiger charge is -2.48. The number of amides is 1. The number of hydrogen-bond donors (Lipinski definition) is 3. The maximum Gasteiger partial charge on any atom is 0.509 e. The van der Waals surface area contributed by atoms with Gasteiger partial charge in [0.1, 0.15) is 29.7 Å². The fraction of sp³-hybridized carbons (Fsp3) is 0.639. The minimum atomic E-state index is -1.56. The summed E-state index contributed by atoms with van der Waals surface area (Å²) in [7, 11) is 6.74. The molecular weight excluding hydrogens is 1110 g/mol. The van der Waals surface area contributed by atoms with Gasteiger partial charge in [-0.1, -0.05) is 44.7 Å². The average molecular weight is 1190 g/mol. The van der Waals surface area contributed by atoms with E-state index in [1.54, 1.807) is 51.3 Å². The summed E-state index contributed by atoms with van der Waals surface area (Å²) >= 11 is 0. The highest BCUT2D eigenvalue weighted by Crippen LogP contribution is 2.44. The van der Waals surface area contributed by atoms with Gasteiger partial charge in [0.25, 0.3) is 5.91 Å². The molecule has 14 atom stereocenters. The Morgan fingerprint density at radius 1 is 1.00 bits per heavy atom. The second-order valence-electron chi connectivity index (χ2n) is 23.9. The van der Waals surface area contributed by atoms with Crippen molar-refractivity contribution in [3.05, 3.63) is 69.5 Å². The van der Waals surface area contributed by atoms with Crippen molar-refractivity contribution in [2.24, 2.45) is 28.8 Å². The number of rotatable bonds is 15. The van der Waals surface area contributed by atoms with Crippen LogP contribution in [0.3, 0.4) is 0 Å². The van der Waals surface area contributed by atoms with Crippen LogP contribution in [0.4, 0.5) is 14.9 Å². The molecule has 4 aliphatic heterocycles. The fourth-order valence-electron chi connectivity index (χ4n) is 12.7. The summed E-state index contributed by atoms with van der Waals surface area (Å²) in [6, 6.07) is 3.97. The van der Waals surface area contributed by atoms with Crippen molar-refractivity contribution < 1.29 is 76.6 Å². The van der Waals surface area contributed by atoms with E-state index in [1.807, 2.05) is 49.6 Å². The number of aromatic carboxylic acids is 1. The lowest BCUT2D eigenvalue weighted by atomic mass is 9.73. The largest absolute Gasteiger partial charge is 0.509 e. The van der Waals surface area contributed by atoms with Crippen LogP contribution in [-0.4, -0.2) is 193 Å². The molecule has 464 valence electrons. The molecule has 1 saturated carbocycles. The number of pyridine rings is 2. The molecule has 85 heavy (non-hydrogen) atoms. The Bertz CT molecular complexity index is 3120. The molecule has 2 aromatic heterocycles. The lowest BCUT2D eigenvalue weighted by Crippen LogP contribution is -2.60. The quantitative estimate of drug-likeness (QED) is 0.0553. The summed E-state index contributed by atoms with van der Waals surface area (Å²) < 4.78 is 62.4. The number of hydrogen-bond acceptors (Lipinski definition) is 20. The van der Waals surface area contributed by atoms with Gasteiger partial charge in [-0.2, -0.15) is 0 Å². The van der Waals surface area contributed by atoms with E-state index in [1.165, 1.54) is 32.7 Å². The summed E-state index contributed by atoms with van der Waals surface area (Å²) in [5.74, 6) is -1.29. The Balaban J connectivity index is 1.08. The summed E-state index contributed by atoms with van der Waals surface area (Å²) in [4.78, 5) is 95.9. The standard InChI is InChI=1S/C61H82FN7O16/c1-13-47-61(8)54(84-59(77)85-61)35(4)49(65-79-24-14-15-38-26-39(31-64-30-38)55(73)63-9)33(2)29-60(7,78-12)53(83-58-51(72)46(66(10)11)25-34(3)80-58)36(5)52(37(6)57(76)81-47)82-48(70)18-19-67-20-22-68(23-21-67)45-28-44-41(27-43(45)62)50(71)42(56(74)75)32-69(44)40-16-17-40/h26-28,30-37,40,46-47,51-54,58,72H,13,16-25,29H2,1-12H3,(H,63,73)(H,74,75)/b65-49+/t33-,34-,35+,36+,37-,46+,47-,51-,52+,53-,54-,58+,60-,61-/m1/s1. The van der Waals surface area contributed by atoms with E-state index in [0.29, 0.717) is 55.0 Å². The number of aliphatic hydroxyl groups is 1. The number of ether oxygens (including phenoxy) is 7. The summed E-state index contributed by atoms with van der Waals surface area (Å²) in [5, 5.41) is 28.9. The third-order valence-corrected chi connectivity index (χ3v) is 17.6. The van der Waals surface area contributed by atoms with E-state index in [2.05, 4.69) is 27.3 Å². The van der Waals surface area contributed by atoms with E-state index in [0.717, 1.165) is 18.9 Å². The minimum Gasteiger partial charge on any atom is -0.477 e. The number of carbonyl (C=O) groups is 5. The van der Waals surface area contributed by atoms with Gasteiger partial charge in [-0.05, 0) is 92.1 Å². The van der Waals surface area contributed by atoms with Gasteiger partial charge in [0.2, 0.25) is 5.43 Å². The molecule has 23 nitrogen and oxygen atoms in total. The number of aromatic nitrogens is 2. The van der Waals surface area contributed by atoms with Gasteiger partial charge in [0.15, 0.2) is 24.6 Å². The van der Waals surface area contributed by atoms with Crippen molar-refractivity contribution in [2.45, 2.75) is 160 Å². The predicted octanol–water partition coefficient (Wildman–Crippen LogP) is 5.56. The first kappa shape index (κ1) is 64.3. The van der Waals surface area contributed by atoms with Crippen LogP contribution in [0, 0.1) is 41.3 Å². The van der Waals surface area contributed by atoms with E-state index in [4.69, 9.17) is 38.0 Å². The molecule has 0 radical (unpaired) electrons. The lowest BCUT2D eigenvalue weighted by molar-refractivity contribution is -0.301. The Morgan fingerprint density at radius 2 is 1.72 bits per heavy atom. The number of carbonyl (C=O) groups excluding carboxylic acids is 4. The molecule has 5 aliphatic rings. The molecule has 3 N–H and O–H groups in total. The number of oxime groups is 1. The molecule has 24 heteroatoms. The number of piperazine rings is 1. The molecule has 3 aromatic rings. The maximum absolute atomic E-state index is 15.9. The molecular formula is C61H82FN7O16. The number of nitrogens with one attached hydrogen (secondary N) is 1. The van der Waals surface area contributed by atoms with Crippen LogP contribution < -0.4 is 15.6 Å². The Labute approximate surface area is 494 Å². The predicted molar refractivity (Wildman–Crippen MR) is 308 cm³/mol. The highest BCUT2D eigenvalue weighted by molar-refractivity contribution is 5.94. The van der Waals surface area contributed by atoms with Crippen molar-refractivity contribution in [3.8, 4) is 11.8 Å². The highest BCUT2D eigenvalue weighted by atomic mass is 19.1. The Kier molecular flexibility index (Phi) is 20.3. The maximum atomic E-state index is 15.9. The van der Waals surface area contributed by atoms with Gasteiger partial charge in [0.05, 0.1) is 52.6 Å². The molecule has 0 unspecified atom stereocenters. The molecule has 1 aromatic carbocycles. The number of aliphatic hydroxyl groups excluding tert-OH is 1. The second kappa shape index (κ2) is 26.9. The number of methoxy groups -OCH3 is 1. The number of benzene rings is 1. The molecule has 5 fully saturated rings. The van der Waals surface area contributed by atoms with Crippen molar-refractivity contribution in [1.82, 2.24) is 24.7 Å². The number of cyclic esters (lactones) is 1. The fourth-order valence-corrected chi connectivity index (χ4v) is 12.7. The van der Waals surface area contributed by atoms with Crippen LogP contribution in [0.1, 0.15) is 126 Å². The smallest absolute Gasteiger partial charge is 0.477 e. The second-order valence-corrected chi connectivity index (χ2v) is 23.9. The zero-order chi connectivity index (χ0) is 61.8. The summed E-state index contributed by atoms with van der Waals surface area (Å²) in [6.07, 6.45) is -1.66. The Hall–Kier alpha value is -6.75. The van der Waals surface area contributed by atoms with Crippen LogP contribution in [0.2, 0.25) is 0 Å². The normalized spacial score (nSPS) is 31.8. The van der Waals surface area contributed by atoms with Gasteiger partial charge >= 0.3 is 24.1 Å². The first-order chi connectivity index (χ1) is 40.3. The first-order valence-corrected chi connectivity index (χ1v) is 29.3. The number of fused-ring (bicyclic) bond motifs is 2. The van der Waals surface area contributed by atoms with Crippen molar-refractivity contribution >= 4 is 52.3 Å². The Morgan fingerprint density at radius 3 is 2.36 bits per heavy atom.